The van der Waals surface area contributed by atoms with Crippen LogP contribution in [-0.2, 0) is 11.2 Å². The first-order chi connectivity index (χ1) is 18.5. The van der Waals surface area contributed by atoms with Gasteiger partial charge in [-0.1, -0.05) is 63.8 Å². The van der Waals surface area contributed by atoms with Crippen LogP contribution in [-0.4, -0.2) is 32.9 Å². The Labute approximate surface area is 231 Å². The molecule has 0 aromatic heterocycles. The summed E-state index contributed by atoms with van der Waals surface area (Å²) in [6, 6.07) is 12.8. The molecule has 0 heterocycles. The highest BCUT2D eigenvalue weighted by molar-refractivity contribution is 6.31. The number of esters is 1. The van der Waals surface area contributed by atoms with Gasteiger partial charge in [-0.25, -0.2) is 0 Å². The summed E-state index contributed by atoms with van der Waals surface area (Å²) in [5.74, 6) is 2.01. The largest absolute Gasteiger partial charge is 0.497 e. The Bertz CT molecular complexity index is 1180. The molecule has 0 aliphatic rings. The minimum absolute atomic E-state index is 0.0904. The summed E-state index contributed by atoms with van der Waals surface area (Å²) in [5.41, 5.74) is 0.814. The molecule has 0 unspecified atom stereocenters. The Morgan fingerprint density at radius 3 is 2.00 bits per heavy atom. The van der Waals surface area contributed by atoms with Crippen molar-refractivity contribution in [2.75, 3.05) is 26.9 Å². The third-order valence-electron chi connectivity index (χ3n) is 5.96. The summed E-state index contributed by atoms with van der Waals surface area (Å²) in [4.78, 5) is 13.1. The fourth-order valence-electron chi connectivity index (χ4n) is 4.03. The van der Waals surface area contributed by atoms with Crippen LogP contribution in [0.5, 0.6) is 28.7 Å². The number of benzene rings is 3. The van der Waals surface area contributed by atoms with Crippen LogP contribution in [0, 0.1) is 0 Å². The van der Waals surface area contributed by atoms with E-state index >= 15 is 0 Å². The topological polar surface area (TPSA) is 63.2 Å². The molecular weight excluding hydrogens is 504 g/mol. The number of carbonyl (C=O) groups excluding carboxylic acids is 1. The van der Waals surface area contributed by atoms with Gasteiger partial charge in [0.15, 0.2) is 11.5 Å². The van der Waals surface area contributed by atoms with Crippen molar-refractivity contribution in [2.45, 2.75) is 65.7 Å². The van der Waals surface area contributed by atoms with Gasteiger partial charge in [0.05, 0.1) is 33.4 Å². The number of hydrogen-bond acceptors (Lipinski definition) is 6. The first-order valence-electron chi connectivity index (χ1n) is 13.5. The lowest BCUT2D eigenvalue weighted by Gasteiger charge is -2.22. The Hall–Kier alpha value is -3.12. The molecule has 3 aromatic rings. The average molecular weight is 543 g/mol. The maximum absolute atomic E-state index is 13.1. The highest BCUT2D eigenvalue weighted by atomic mass is 35.5. The van der Waals surface area contributed by atoms with Gasteiger partial charge in [-0.15, -0.1) is 0 Å². The fourth-order valence-corrected chi connectivity index (χ4v) is 4.20. The lowest BCUT2D eigenvalue weighted by atomic mass is 10.1. The molecule has 0 saturated heterocycles. The van der Waals surface area contributed by atoms with Crippen LogP contribution < -0.4 is 23.7 Å². The van der Waals surface area contributed by atoms with E-state index in [1.807, 2.05) is 50.2 Å². The number of ether oxygens (including phenoxy) is 5. The summed E-state index contributed by atoms with van der Waals surface area (Å²) in [6.45, 7) is 7.66. The van der Waals surface area contributed by atoms with Gasteiger partial charge in [0.1, 0.15) is 5.75 Å². The average Bonchev–Trinajstić information content (AvgIpc) is 2.92. The predicted octanol–water partition coefficient (Wildman–Crippen LogP) is 8.19. The smallest absolute Gasteiger partial charge is 0.315 e. The van der Waals surface area contributed by atoms with Crippen LogP contribution in [0.1, 0.15) is 64.9 Å². The molecule has 0 spiro atoms. The number of unbranched alkanes of at least 4 members (excludes halogenated alkanes) is 3. The molecule has 7 heteroatoms. The zero-order valence-electron chi connectivity index (χ0n) is 22.9. The van der Waals surface area contributed by atoms with E-state index in [0.29, 0.717) is 53.2 Å². The molecule has 38 heavy (non-hydrogen) atoms. The van der Waals surface area contributed by atoms with Gasteiger partial charge in [-0.05, 0) is 55.2 Å². The van der Waals surface area contributed by atoms with Crippen LogP contribution in [0.3, 0.4) is 0 Å². The molecular formula is C31H39ClO6. The van der Waals surface area contributed by atoms with Crippen molar-refractivity contribution in [1.82, 2.24) is 0 Å². The van der Waals surface area contributed by atoms with Gasteiger partial charge < -0.3 is 23.7 Å². The molecule has 0 N–H and O–H groups in total. The summed E-state index contributed by atoms with van der Waals surface area (Å²) in [6.07, 6.45) is 5.97. The highest BCUT2D eigenvalue weighted by Gasteiger charge is 2.27. The molecule has 6 nitrogen and oxygen atoms in total. The lowest BCUT2D eigenvalue weighted by molar-refractivity contribution is -0.133. The Morgan fingerprint density at radius 2 is 1.37 bits per heavy atom. The highest BCUT2D eigenvalue weighted by Crippen LogP contribution is 2.52. The minimum Gasteiger partial charge on any atom is -0.497 e. The van der Waals surface area contributed by atoms with Crippen molar-refractivity contribution in [3.63, 3.8) is 0 Å². The number of rotatable bonds is 16. The molecule has 0 fully saturated rings. The molecule has 0 bridgehead atoms. The first kappa shape index (κ1) is 29.4. The number of hydrogen-bond donors (Lipinski definition) is 0. The summed E-state index contributed by atoms with van der Waals surface area (Å²) in [7, 11) is 1.61. The molecule has 206 valence electrons. The van der Waals surface area contributed by atoms with Crippen LogP contribution in [0.2, 0.25) is 5.02 Å². The monoisotopic (exact) mass is 542 g/mol. The SMILES string of the molecule is CCCCCCOc1c(OCCC)c(OCCC)c(OC(=O)Cc2ccc(OC)cc2)c2ccc(Cl)cc12. The quantitative estimate of drug-likeness (QED) is 0.103. The van der Waals surface area contributed by atoms with E-state index in [1.165, 1.54) is 0 Å². The normalized spacial score (nSPS) is 10.9. The van der Waals surface area contributed by atoms with E-state index in [2.05, 4.69) is 6.92 Å². The molecule has 0 radical (unpaired) electrons. The third-order valence-corrected chi connectivity index (χ3v) is 6.19. The summed E-state index contributed by atoms with van der Waals surface area (Å²) in [5, 5.41) is 1.94. The standard InChI is InChI=1S/C31H39ClO6/c1-5-8-9-10-19-37-28-26-21-23(32)13-16-25(26)29(31(36-18-7-3)30(28)35-17-6-2)38-27(33)20-22-11-14-24(34-4)15-12-22/h11-16,21H,5-10,17-20H2,1-4H3. The zero-order valence-corrected chi connectivity index (χ0v) is 23.7. The zero-order chi connectivity index (χ0) is 27.3. The van der Waals surface area contributed by atoms with Crippen LogP contribution in [0.4, 0.5) is 0 Å². The van der Waals surface area contributed by atoms with Gasteiger partial charge >= 0.3 is 5.97 Å². The second-order valence-electron chi connectivity index (χ2n) is 9.11. The van der Waals surface area contributed by atoms with Gasteiger partial charge in [-0.2, -0.15) is 0 Å². The third kappa shape index (κ3) is 7.94. The Morgan fingerprint density at radius 1 is 0.711 bits per heavy atom. The second-order valence-corrected chi connectivity index (χ2v) is 9.55. The second kappa shape index (κ2) is 15.3. The number of carbonyl (C=O) groups is 1. The van der Waals surface area contributed by atoms with Gasteiger partial charge in [0.25, 0.3) is 0 Å². The van der Waals surface area contributed by atoms with Crippen molar-refractivity contribution in [1.29, 1.82) is 0 Å². The molecule has 0 aliphatic carbocycles. The van der Waals surface area contributed by atoms with E-state index in [1.54, 1.807) is 13.2 Å². The lowest BCUT2D eigenvalue weighted by Crippen LogP contribution is -2.14. The number of methoxy groups -OCH3 is 1. The first-order valence-corrected chi connectivity index (χ1v) is 13.9. The molecule has 0 atom stereocenters. The fraction of sp³-hybridized carbons (Fsp3) is 0.452. The number of fused-ring (bicyclic) bond motifs is 1. The maximum Gasteiger partial charge on any atom is 0.315 e. The van der Waals surface area contributed by atoms with Crippen molar-refractivity contribution < 1.29 is 28.5 Å². The van der Waals surface area contributed by atoms with Crippen molar-refractivity contribution >= 4 is 28.3 Å². The van der Waals surface area contributed by atoms with Crippen molar-refractivity contribution in [2.24, 2.45) is 0 Å². The predicted molar refractivity (Wildman–Crippen MR) is 152 cm³/mol. The van der Waals surface area contributed by atoms with E-state index < -0.39 is 5.97 Å². The maximum atomic E-state index is 13.1. The van der Waals surface area contributed by atoms with Crippen LogP contribution in [0.15, 0.2) is 42.5 Å². The van der Waals surface area contributed by atoms with Crippen molar-refractivity contribution in [3.8, 4) is 28.7 Å². The van der Waals surface area contributed by atoms with E-state index in [0.717, 1.165) is 55.2 Å². The van der Waals surface area contributed by atoms with Crippen LogP contribution in [0.25, 0.3) is 10.8 Å². The van der Waals surface area contributed by atoms with E-state index in [4.69, 9.17) is 35.3 Å². The van der Waals surface area contributed by atoms with Gasteiger partial charge in [-0.3, -0.25) is 4.79 Å². The molecule has 0 saturated carbocycles. The Kier molecular flexibility index (Phi) is 11.9. The van der Waals surface area contributed by atoms with E-state index in [-0.39, 0.29) is 6.42 Å². The Balaban J connectivity index is 2.06. The van der Waals surface area contributed by atoms with Gasteiger partial charge in [0, 0.05) is 15.8 Å². The molecule has 0 amide bonds. The minimum atomic E-state index is -0.414. The summed E-state index contributed by atoms with van der Waals surface area (Å²) < 4.78 is 30.0. The summed E-state index contributed by atoms with van der Waals surface area (Å²) >= 11 is 6.42. The molecule has 0 aliphatic heterocycles. The molecule has 3 rings (SSSR count). The van der Waals surface area contributed by atoms with Gasteiger partial charge in [0.2, 0.25) is 11.5 Å². The number of halogens is 1. The van der Waals surface area contributed by atoms with Crippen LogP contribution >= 0.6 is 11.6 Å². The van der Waals surface area contributed by atoms with Crippen molar-refractivity contribution in [3.05, 3.63) is 53.1 Å². The molecule has 3 aromatic carbocycles. The van der Waals surface area contributed by atoms with E-state index in [9.17, 15) is 4.79 Å².